The van der Waals surface area contributed by atoms with Crippen LogP contribution in [-0.4, -0.2) is 16.2 Å². The number of hydrogen-bond acceptors (Lipinski definition) is 1. The molecule has 0 radical (unpaired) electrons. The number of amides is 1. The monoisotopic (exact) mass is 355 g/mol. The van der Waals surface area contributed by atoms with Crippen LogP contribution in [0.1, 0.15) is 23.5 Å². The van der Waals surface area contributed by atoms with Crippen LogP contribution in [0.5, 0.6) is 0 Å². The van der Waals surface area contributed by atoms with Crippen LogP contribution in [0.15, 0.2) is 60.7 Å². The first-order chi connectivity index (χ1) is 10.5. The van der Waals surface area contributed by atoms with Crippen LogP contribution in [-0.2, 0) is 4.79 Å². The smallest absolute Gasteiger partial charge is 0.272 e. The van der Waals surface area contributed by atoms with Crippen LogP contribution >= 0.6 is 34.8 Å². The van der Waals surface area contributed by atoms with Gasteiger partial charge in [0.25, 0.3) is 9.70 Å². The van der Waals surface area contributed by atoms with Gasteiger partial charge in [-0.05, 0) is 17.5 Å². The standard InChI is InChI=1S/C17H16Cl3NO/c18-17(19,20)16(22)21-12-11-15(13-7-3-1-4-8-13)14-9-5-2-6-10-14/h1-10,15H,11-12H2,(H,21,22). The maximum absolute atomic E-state index is 11.6. The molecule has 0 aromatic heterocycles. The Morgan fingerprint density at radius 1 is 0.909 bits per heavy atom. The van der Waals surface area contributed by atoms with Crippen molar-refractivity contribution in [2.24, 2.45) is 0 Å². The molecule has 0 unspecified atom stereocenters. The highest BCUT2D eigenvalue weighted by atomic mass is 35.6. The molecule has 22 heavy (non-hydrogen) atoms. The van der Waals surface area contributed by atoms with Crippen LogP contribution < -0.4 is 5.32 Å². The minimum Gasteiger partial charge on any atom is -0.352 e. The third-order valence-corrected chi connectivity index (χ3v) is 3.89. The molecule has 0 atom stereocenters. The molecule has 0 saturated heterocycles. The maximum atomic E-state index is 11.6. The summed E-state index contributed by atoms with van der Waals surface area (Å²) >= 11 is 16.7. The minimum absolute atomic E-state index is 0.179. The summed E-state index contributed by atoms with van der Waals surface area (Å²) in [5.41, 5.74) is 2.38. The second-order valence-corrected chi connectivity index (χ2v) is 7.20. The van der Waals surface area contributed by atoms with Crippen molar-refractivity contribution in [3.8, 4) is 0 Å². The van der Waals surface area contributed by atoms with Crippen molar-refractivity contribution in [2.75, 3.05) is 6.54 Å². The number of nitrogens with one attached hydrogen (secondary N) is 1. The highest BCUT2D eigenvalue weighted by molar-refractivity contribution is 6.76. The number of carbonyl (C=O) groups excluding carboxylic acids is 1. The van der Waals surface area contributed by atoms with Crippen molar-refractivity contribution in [2.45, 2.75) is 16.1 Å². The molecule has 0 spiro atoms. The van der Waals surface area contributed by atoms with Gasteiger partial charge in [0, 0.05) is 12.5 Å². The van der Waals surface area contributed by atoms with E-state index in [-0.39, 0.29) is 5.92 Å². The quantitative estimate of drug-likeness (QED) is 0.773. The van der Waals surface area contributed by atoms with Gasteiger partial charge in [0.05, 0.1) is 0 Å². The van der Waals surface area contributed by atoms with Crippen molar-refractivity contribution >= 4 is 40.7 Å². The van der Waals surface area contributed by atoms with Gasteiger partial charge >= 0.3 is 0 Å². The summed E-state index contributed by atoms with van der Waals surface area (Å²) < 4.78 is -1.92. The Kier molecular flexibility index (Phi) is 6.13. The number of rotatable bonds is 5. The van der Waals surface area contributed by atoms with E-state index in [1.54, 1.807) is 0 Å². The Morgan fingerprint density at radius 3 is 1.77 bits per heavy atom. The first-order valence-corrected chi connectivity index (χ1v) is 8.07. The van der Waals surface area contributed by atoms with Crippen molar-refractivity contribution in [1.82, 2.24) is 5.32 Å². The average Bonchev–Trinajstić information content (AvgIpc) is 2.52. The van der Waals surface area contributed by atoms with Crippen LogP contribution in [0.25, 0.3) is 0 Å². The van der Waals surface area contributed by atoms with Crippen molar-refractivity contribution < 1.29 is 4.79 Å². The maximum Gasteiger partial charge on any atom is 0.272 e. The largest absolute Gasteiger partial charge is 0.352 e. The summed E-state index contributed by atoms with van der Waals surface area (Å²) in [5.74, 6) is -0.421. The molecule has 116 valence electrons. The second-order valence-electron chi connectivity index (χ2n) is 4.92. The number of benzene rings is 2. The van der Waals surface area contributed by atoms with E-state index in [2.05, 4.69) is 29.6 Å². The van der Waals surface area contributed by atoms with E-state index >= 15 is 0 Å². The minimum atomic E-state index is -1.92. The second kappa shape index (κ2) is 7.87. The number of hydrogen-bond donors (Lipinski definition) is 1. The Balaban J connectivity index is 2.09. The fraction of sp³-hybridized carbons (Fsp3) is 0.235. The fourth-order valence-corrected chi connectivity index (χ4v) is 2.53. The van der Waals surface area contributed by atoms with Crippen molar-refractivity contribution in [3.05, 3.63) is 71.8 Å². The molecule has 2 nitrogen and oxygen atoms in total. The molecule has 2 rings (SSSR count). The first-order valence-electron chi connectivity index (χ1n) is 6.93. The molecule has 0 aliphatic heterocycles. The zero-order valence-corrected chi connectivity index (χ0v) is 14.1. The van der Waals surface area contributed by atoms with Gasteiger partial charge in [-0.2, -0.15) is 0 Å². The average molecular weight is 357 g/mol. The van der Waals surface area contributed by atoms with E-state index in [9.17, 15) is 4.79 Å². The van der Waals surface area contributed by atoms with Gasteiger partial charge in [0.15, 0.2) is 0 Å². The molecule has 1 amide bonds. The molecular formula is C17H16Cl3NO. The third-order valence-electron chi connectivity index (χ3n) is 3.38. The number of alkyl halides is 3. The Hall–Kier alpha value is -1.22. The highest BCUT2D eigenvalue weighted by Gasteiger charge is 2.30. The molecule has 1 N–H and O–H groups in total. The number of halogens is 3. The van der Waals surface area contributed by atoms with E-state index in [4.69, 9.17) is 34.8 Å². The summed E-state index contributed by atoms with van der Waals surface area (Å²) in [6.45, 7) is 0.432. The predicted molar refractivity (Wildman–Crippen MR) is 92.6 cm³/mol. The molecule has 0 fully saturated rings. The molecule has 5 heteroatoms. The lowest BCUT2D eigenvalue weighted by Gasteiger charge is -2.19. The molecule has 0 bridgehead atoms. The van der Waals surface area contributed by atoms with Crippen LogP contribution in [0.4, 0.5) is 0 Å². The van der Waals surface area contributed by atoms with Gasteiger partial charge in [0.2, 0.25) is 0 Å². The molecule has 0 aliphatic carbocycles. The molecule has 0 aliphatic rings. The van der Waals surface area contributed by atoms with E-state index in [0.717, 1.165) is 6.42 Å². The Morgan fingerprint density at radius 2 is 1.36 bits per heavy atom. The summed E-state index contributed by atoms with van der Waals surface area (Å²) in [6.07, 6.45) is 0.723. The van der Waals surface area contributed by atoms with E-state index in [0.29, 0.717) is 6.54 Å². The lowest BCUT2D eigenvalue weighted by Crippen LogP contribution is -2.35. The van der Waals surface area contributed by atoms with Gasteiger partial charge in [-0.3, -0.25) is 4.79 Å². The third kappa shape index (κ3) is 4.91. The normalized spacial score (nSPS) is 11.5. The van der Waals surface area contributed by atoms with Crippen LogP contribution in [0.2, 0.25) is 0 Å². The topological polar surface area (TPSA) is 29.1 Å². The highest BCUT2D eigenvalue weighted by Crippen LogP contribution is 2.28. The van der Waals surface area contributed by atoms with Crippen molar-refractivity contribution in [1.29, 1.82) is 0 Å². The molecule has 0 saturated carbocycles. The number of carbonyl (C=O) groups is 1. The molecule has 2 aromatic carbocycles. The predicted octanol–water partition coefficient (Wildman–Crippen LogP) is 4.70. The summed E-state index contributed by atoms with van der Waals surface area (Å²) in [7, 11) is 0. The molecule has 0 heterocycles. The van der Waals surface area contributed by atoms with Crippen LogP contribution in [0, 0.1) is 0 Å². The fourth-order valence-electron chi connectivity index (χ4n) is 2.33. The van der Waals surface area contributed by atoms with Crippen LogP contribution in [0.3, 0.4) is 0 Å². The van der Waals surface area contributed by atoms with Gasteiger partial charge < -0.3 is 5.32 Å². The lowest BCUT2D eigenvalue weighted by molar-refractivity contribution is -0.120. The van der Waals surface area contributed by atoms with E-state index in [1.807, 2.05) is 36.4 Å². The Labute approximate surface area is 145 Å². The summed E-state index contributed by atoms with van der Waals surface area (Å²) in [5, 5.41) is 2.66. The van der Waals surface area contributed by atoms with Gasteiger partial charge in [0.1, 0.15) is 0 Å². The summed E-state index contributed by atoms with van der Waals surface area (Å²) in [6, 6.07) is 20.3. The van der Waals surface area contributed by atoms with Crippen molar-refractivity contribution in [3.63, 3.8) is 0 Å². The van der Waals surface area contributed by atoms with E-state index in [1.165, 1.54) is 11.1 Å². The Bertz CT molecular complexity index is 557. The first kappa shape index (κ1) is 17.1. The zero-order chi connectivity index (χ0) is 16.0. The lowest BCUT2D eigenvalue weighted by atomic mass is 9.88. The zero-order valence-electron chi connectivity index (χ0n) is 11.8. The van der Waals surface area contributed by atoms with Gasteiger partial charge in [-0.1, -0.05) is 95.5 Å². The molecular weight excluding hydrogens is 341 g/mol. The summed E-state index contributed by atoms with van der Waals surface area (Å²) in [4.78, 5) is 11.6. The molecule has 2 aromatic rings. The van der Waals surface area contributed by atoms with Gasteiger partial charge in [-0.15, -0.1) is 0 Å². The SMILES string of the molecule is O=C(NCCC(c1ccccc1)c1ccccc1)C(Cl)(Cl)Cl. The van der Waals surface area contributed by atoms with Gasteiger partial charge in [-0.25, -0.2) is 0 Å². The van der Waals surface area contributed by atoms with E-state index < -0.39 is 9.70 Å².